The zero-order valence-electron chi connectivity index (χ0n) is 10.9. The summed E-state index contributed by atoms with van der Waals surface area (Å²) in [6.07, 6.45) is -3.83. The molecule has 6 nitrogen and oxygen atoms in total. The Labute approximate surface area is 115 Å². The van der Waals surface area contributed by atoms with Gasteiger partial charge < -0.3 is 5.11 Å². The summed E-state index contributed by atoms with van der Waals surface area (Å²) >= 11 is 0. The Balaban J connectivity index is 2.43. The molecule has 20 heavy (non-hydrogen) atoms. The molecule has 1 saturated heterocycles. The lowest BCUT2D eigenvalue weighted by Crippen LogP contribution is -2.40. The van der Waals surface area contributed by atoms with E-state index in [1.54, 1.807) is 0 Å². The highest BCUT2D eigenvalue weighted by molar-refractivity contribution is 7.90. The number of sulfonamides is 1. The average Bonchev–Trinajstić information content (AvgIpc) is 2.70. The fraction of sp³-hybridized carbons (Fsp3) is 0.900. The van der Waals surface area contributed by atoms with Gasteiger partial charge in [-0.1, -0.05) is 0 Å². The molecule has 0 saturated carbocycles. The molecular weight excluding hydrogens is 301 g/mol. The van der Waals surface area contributed by atoms with Crippen molar-refractivity contribution in [2.24, 2.45) is 5.92 Å². The molecule has 0 amide bonds. The van der Waals surface area contributed by atoms with Crippen LogP contribution >= 0.6 is 0 Å². The van der Waals surface area contributed by atoms with Crippen LogP contribution in [0.25, 0.3) is 0 Å². The monoisotopic (exact) mass is 318 g/mol. The van der Waals surface area contributed by atoms with E-state index in [1.807, 2.05) is 0 Å². The number of carboxylic acids is 1. The first-order valence-electron chi connectivity index (χ1n) is 6.01. The summed E-state index contributed by atoms with van der Waals surface area (Å²) in [5.74, 6) is -1.71. The number of halogens is 3. The maximum Gasteiger partial charge on any atom is 0.401 e. The van der Waals surface area contributed by atoms with Crippen molar-refractivity contribution < 1.29 is 31.5 Å². The minimum Gasteiger partial charge on any atom is -0.480 e. The Bertz CT molecular complexity index is 452. The topological polar surface area (TPSA) is 86.7 Å². The summed E-state index contributed by atoms with van der Waals surface area (Å²) in [5, 5.41) is 7.04. The van der Waals surface area contributed by atoms with Crippen LogP contribution in [0.3, 0.4) is 0 Å². The van der Waals surface area contributed by atoms with Crippen LogP contribution in [-0.4, -0.2) is 62.0 Å². The number of hydrogen-bond donors (Lipinski definition) is 2. The van der Waals surface area contributed by atoms with E-state index in [4.69, 9.17) is 5.11 Å². The van der Waals surface area contributed by atoms with E-state index in [1.165, 1.54) is 4.90 Å². The Kier molecular flexibility index (Phi) is 5.39. The molecule has 0 aromatic carbocycles. The molecule has 118 valence electrons. The van der Waals surface area contributed by atoms with Crippen LogP contribution in [-0.2, 0) is 14.8 Å². The van der Waals surface area contributed by atoms with Gasteiger partial charge in [0.2, 0.25) is 10.0 Å². The van der Waals surface area contributed by atoms with Gasteiger partial charge in [0.15, 0.2) is 5.25 Å². The third-order valence-electron chi connectivity index (χ3n) is 3.16. The van der Waals surface area contributed by atoms with Crippen LogP contribution in [0.15, 0.2) is 0 Å². The highest BCUT2D eigenvalue weighted by Crippen LogP contribution is 2.22. The van der Waals surface area contributed by atoms with Gasteiger partial charge in [0, 0.05) is 13.1 Å². The highest BCUT2D eigenvalue weighted by Gasteiger charge is 2.35. The molecule has 0 aliphatic carbocycles. The number of carbonyl (C=O) groups is 1. The minimum atomic E-state index is -4.27. The number of hydrogen-bond acceptors (Lipinski definition) is 4. The fourth-order valence-electron chi connectivity index (χ4n) is 1.97. The first-order valence-corrected chi connectivity index (χ1v) is 7.56. The molecule has 0 spiro atoms. The molecule has 2 atom stereocenters. The zero-order valence-corrected chi connectivity index (χ0v) is 11.7. The number of nitrogens with one attached hydrogen (secondary N) is 1. The fourth-order valence-corrected chi connectivity index (χ4v) is 2.95. The van der Waals surface area contributed by atoms with Gasteiger partial charge in [-0.25, -0.2) is 13.1 Å². The van der Waals surface area contributed by atoms with Gasteiger partial charge in [-0.15, -0.1) is 0 Å². The predicted molar refractivity (Wildman–Crippen MR) is 64.6 cm³/mol. The maximum absolute atomic E-state index is 12.2. The van der Waals surface area contributed by atoms with Gasteiger partial charge in [-0.05, 0) is 25.8 Å². The van der Waals surface area contributed by atoms with E-state index >= 15 is 0 Å². The lowest BCUT2D eigenvalue weighted by Gasteiger charge is -2.18. The van der Waals surface area contributed by atoms with E-state index in [0.717, 1.165) is 6.92 Å². The average molecular weight is 318 g/mol. The zero-order chi connectivity index (χ0) is 15.6. The first-order chi connectivity index (χ1) is 9.01. The molecule has 1 fully saturated rings. The van der Waals surface area contributed by atoms with Crippen LogP contribution in [0, 0.1) is 5.92 Å². The Morgan fingerprint density at radius 3 is 2.60 bits per heavy atom. The van der Waals surface area contributed by atoms with Crippen molar-refractivity contribution in [3.8, 4) is 0 Å². The smallest absolute Gasteiger partial charge is 0.401 e. The number of likely N-dealkylation sites (tertiary alicyclic amines) is 1. The van der Waals surface area contributed by atoms with Crippen molar-refractivity contribution in [3.05, 3.63) is 0 Å². The Morgan fingerprint density at radius 1 is 1.50 bits per heavy atom. The van der Waals surface area contributed by atoms with E-state index in [9.17, 15) is 26.4 Å². The standard InChI is InChI=1S/C10H17F3N2O4S/c1-7(9(16)17)20(18,19)14-4-8-2-3-15(5-8)6-10(11,12)13/h7-8,14H,2-6H2,1H3,(H,16,17). The van der Waals surface area contributed by atoms with E-state index in [-0.39, 0.29) is 25.6 Å². The summed E-state index contributed by atoms with van der Waals surface area (Å²) in [6.45, 7) is 0.370. The molecule has 0 radical (unpaired) electrons. The van der Waals surface area contributed by atoms with Crippen LogP contribution in [0.1, 0.15) is 13.3 Å². The first kappa shape index (κ1) is 17.2. The lowest BCUT2D eigenvalue weighted by atomic mass is 10.1. The van der Waals surface area contributed by atoms with Crippen molar-refractivity contribution >= 4 is 16.0 Å². The van der Waals surface area contributed by atoms with Gasteiger partial charge >= 0.3 is 12.1 Å². The quantitative estimate of drug-likeness (QED) is 0.734. The van der Waals surface area contributed by atoms with Gasteiger partial charge in [-0.3, -0.25) is 9.69 Å². The van der Waals surface area contributed by atoms with Crippen molar-refractivity contribution in [2.45, 2.75) is 24.8 Å². The van der Waals surface area contributed by atoms with E-state index < -0.39 is 34.0 Å². The molecule has 0 aromatic rings. The second-order valence-corrected chi connectivity index (χ2v) is 6.96. The van der Waals surface area contributed by atoms with Crippen LogP contribution in [0.4, 0.5) is 13.2 Å². The number of carboxylic acid groups (broad SMARTS) is 1. The summed E-state index contributed by atoms with van der Waals surface area (Å²) in [6, 6.07) is 0. The van der Waals surface area contributed by atoms with Crippen LogP contribution in [0.5, 0.6) is 0 Å². The summed E-state index contributed by atoms with van der Waals surface area (Å²) in [4.78, 5) is 11.8. The van der Waals surface area contributed by atoms with Crippen LogP contribution < -0.4 is 4.72 Å². The van der Waals surface area contributed by atoms with Gasteiger partial charge in [0.1, 0.15) is 0 Å². The molecule has 2 unspecified atom stereocenters. The Morgan fingerprint density at radius 2 is 2.10 bits per heavy atom. The molecule has 1 aliphatic heterocycles. The largest absolute Gasteiger partial charge is 0.480 e. The normalized spacial score (nSPS) is 22.9. The third-order valence-corrected chi connectivity index (χ3v) is 4.86. The predicted octanol–water partition coefficient (Wildman–Crippen LogP) is 0.263. The van der Waals surface area contributed by atoms with Crippen molar-refractivity contribution in [1.29, 1.82) is 0 Å². The van der Waals surface area contributed by atoms with Gasteiger partial charge in [-0.2, -0.15) is 13.2 Å². The molecule has 2 N–H and O–H groups in total. The lowest BCUT2D eigenvalue weighted by molar-refractivity contribution is -0.143. The van der Waals surface area contributed by atoms with Gasteiger partial charge in [0.05, 0.1) is 6.54 Å². The second kappa shape index (κ2) is 6.27. The maximum atomic E-state index is 12.2. The third kappa shape index (κ3) is 5.25. The minimum absolute atomic E-state index is 0.0473. The summed E-state index contributed by atoms with van der Waals surface area (Å²) in [7, 11) is -3.99. The molecule has 1 rings (SSSR count). The summed E-state index contributed by atoms with van der Waals surface area (Å²) in [5.41, 5.74) is 0. The van der Waals surface area contributed by atoms with Crippen LogP contribution in [0.2, 0.25) is 0 Å². The molecule has 0 bridgehead atoms. The molecule has 10 heteroatoms. The SMILES string of the molecule is CC(C(=O)O)S(=O)(=O)NCC1CCN(CC(F)(F)F)C1. The van der Waals surface area contributed by atoms with E-state index in [2.05, 4.69) is 4.72 Å². The van der Waals surface area contributed by atoms with Gasteiger partial charge in [0.25, 0.3) is 0 Å². The molecule has 0 aromatic heterocycles. The van der Waals surface area contributed by atoms with Crippen molar-refractivity contribution in [1.82, 2.24) is 9.62 Å². The number of alkyl halides is 3. The molecular formula is C10H17F3N2O4S. The second-order valence-electron chi connectivity index (χ2n) is 4.88. The summed E-state index contributed by atoms with van der Waals surface area (Å²) < 4.78 is 61.8. The number of rotatable bonds is 6. The highest BCUT2D eigenvalue weighted by atomic mass is 32.2. The Hall–Kier alpha value is -0.870. The van der Waals surface area contributed by atoms with Crippen molar-refractivity contribution in [3.63, 3.8) is 0 Å². The number of nitrogens with zero attached hydrogens (tertiary/aromatic N) is 1. The number of aliphatic carboxylic acids is 1. The molecule has 1 aliphatic rings. The van der Waals surface area contributed by atoms with Crippen molar-refractivity contribution in [2.75, 3.05) is 26.2 Å². The molecule has 1 heterocycles. The van der Waals surface area contributed by atoms with E-state index in [0.29, 0.717) is 6.42 Å².